The van der Waals surface area contributed by atoms with Gasteiger partial charge in [-0.05, 0) is 18.2 Å². The zero-order valence-corrected chi connectivity index (χ0v) is 9.21. The molecule has 0 heterocycles. The maximum atomic E-state index is 12.4. The van der Waals surface area contributed by atoms with Crippen LogP contribution in [0.5, 0.6) is 0 Å². The number of amides is 1. The van der Waals surface area contributed by atoms with Crippen molar-refractivity contribution < 1.29 is 18.0 Å². The lowest BCUT2D eigenvalue weighted by atomic mass is 10.1. The molecule has 18 heavy (non-hydrogen) atoms. The first-order valence-corrected chi connectivity index (χ1v) is 4.98. The fraction of sp³-hybridized carbons (Fsp3) is 0.273. The quantitative estimate of drug-likeness (QED) is 0.864. The number of carbonyl (C=O) groups excluding carboxylic acids is 1. The first-order valence-electron chi connectivity index (χ1n) is 4.98. The highest BCUT2D eigenvalue weighted by atomic mass is 19.4. The second-order valence-corrected chi connectivity index (χ2v) is 3.51. The summed E-state index contributed by atoms with van der Waals surface area (Å²) in [5, 5.41) is 11.5. The van der Waals surface area contributed by atoms with Crippen molar-refractivity contribution in [2.24, 2.45) is 5.73 Å². The van der Waals surface area contributed by atoms with Crippen molar-refractivity contribution in [3.8, 4) is 6.07 Å². The van der Waals surface area contributed by atoms with Crippen molar-refractivity contribution >= 4 is 11.6 Å². The topological polar surface area (TPSA) is 78.9 Å². The molecular weight excluding hydrogens is 247 g/mol. The molecule has 1 aromatic rings. The molecule has 0 bridgehead atoms. The van der Waals surface area contributed by atoms with Crippen LogP contribution in [0.2, 0.25) is 0 Å². The third kappa shape index (κ3) is 3.66. The molecule has 0 spiro atoms. The van der Waals surface area contributed by atoms with Crippen LogP contribution in [0.3, 0.4) is 0 Å². The van der Waals surface area contributed by atoms with Crippen molar-refractivity contribution in [2.45, 2.75) is 12.6 Å². The van der Waals surface area contributed by atoms with Gasteiger partial charge in [-0.15, -0.1) is 0 Å². The molecule has 4 nitrogen and oxygen atoms in total. The van der Waals surface area contributed by atoms with E-state index in [1.807, 2.05) is 0 Å². The summed E-state index contributed by atoms with van der Waals surface area (Å²) in [5.41, 5.74) is 4.14. The molecular formula is C11H10F3N3O. The van der Waals surface area contributed by atoms with Crippen LogP contribution in [0.1, 0.15) is 17.5 Å². The fourth-order valence-corrected chi connectivity index (χ4v) is 1.29. The van der Waals surface area contributed by atoms with Gasteiger partial charge >= 0.3 is 6.18 Å². The Labute approximate surface area is 101 Å². The highest BCUT2D eigenvalue weighted by molar-refractivity contribution is 5.74. The first kappa shape index (κ1) is 13.8. The Kier molecular flexibility index (Phi) is 4.15. The van der Waals surface area contributed by atoms with Gasteiger partial charge in [0.2, 0.25) is 5.91 Å². The van der Waals surface area contributed by atoms with Crippen LogP contribution in [0.25, 0.3) is 0 Å². The zero-order chi connectivity index (χ0) is 13.8. The number of nitriles is 1. The standard InChI is InChI=1S/C11H10F3N3O/c12-11(13,14)8-1-2-9(7(5-8)6-15)17-4-3-10(16)18/h1-2,5,17H,3-4H2,(H2,16,18). The highest BCUT2D eigenvalue weighted by Gasteiger charge is 2.30. The molecule has 3 N–H and O–H groups in total. The van der Waals surface area contributed by atoms with E-state index in [1.54, 1.807) is 6.07 Å². The van der Waals surface area contributed by atoms with Crippen LogP contribution < -0.4 is 11.1 Å². The zero-order valence-electron chi connectivity index (χ0n) is 9.21. The lowest BCUT2D eigenvalue weighted by Crippen LogP contribution is -2.16. The number of halogens is 3. The third-order valence-electron chi connectivity index (χ3n) is 2.15. The Morgan fingerprint density at radius 1 is 1.44 bits per heavy atom. The van der Waals surface area contributed by atoms with Crippen molar-refractivity contribution in [3.63, 3.8) is 0 Å². The van der Waals surface area contributed by atoms with Gasteiger partial charge < -0.3 is 11.1 Å². The van der Waals surface area contributed by atoms with E-state index in [1.165, 1.54) is 0 Å². The Hall–Kier alpha value is -2.23. The van der Waals surface area contributed by atoms with E-state index in [9.17, 15) is 18.0 Å². The van der Waals surface area contributed by atoms with Crippen LogP contribution in [0, 0.1) is 11.3 Å². The normalized spacial score (nSPS) is 10.8. The van der Waals surface area contributed by atoms with E-state index in [2.05, 4.69) is 5.32 Å². The number of primary amides is 1. The van der Waals surface area contributed by atoms with Gasteiger partial charge in [0, 0.05) is 13.0 Å². The average Bonchev–Trinajstić information content (AvgIpc) is 2.27. The van der Waals surface area contributed by atoms with Gasteiger partial charge in [0.25, 0.3) is 0 Å². The second-order valence-electron chi connectivity index (χ2n) is 3.51. The van der Waals surface area contributed by atoms with E-state index in [0.717, 1.165) is 18.2 Å². The predicted molar refractivity (Wildman–Crippen MR) is 58.5 cm³/mol. The van der Waals surface area contributed by atoms with E-state index in [4.69, 9.17) is 11.0 Å². The second kappa shape index (κ2) is 5.40. The van der Waals surface area contributed by atoms with Gasteiger partial charge in [0.05, 0.1) is 16.8 Å². The summed E-state index contributed by atoms with van der Waals surface area (Å²) >= 11 is 0. The fourth-order valence-electron chi connectivity index (χ4n) is 1.29. The smallest absolute Gasteiger partial charge is 0.383 e. The maximum absolute atomic E-state index is 12.4. The Bertz CT molecular complexity index is 491. The van der Waals surface area contributed by atoms with Crippen molar-refractivity contribution in [1.82, 2.24) is 0 Å². The number of nitrogens with one attached hydrogen (secondary N) is 1. The highest BCUT2D eigenvalue weighted by Crippen LogP contribution is 2.31. The number of nitrogens with two attached hydrogens (primary N) is 1. The molecule has 0 aromatic heterocycles. The predicted octanol–water partition coefficient (Wildman–Crippen LogP) is 1.86. The van der Waals surface area contributed by atoms with Crippen LogP contribution >= 0.6 is 0 Å². The summed E-state index contributed by atoms with van der Waals surface area (Å²) in [6, 6.07) is 4.45. The molecule has 0 atom stereocenters. The minimum Gasteiger partial charge on any atom is -0.383 e. The van der Waals surface area contributed by atoms with Crippen molar-refractivity contribution in [1.29, 1.82) is 5.26 Å². The van der Waals surface area contributed by atoms with E-state index in [-0.39, 0.29) is 24.2 Å². The summed E-state index contributed by atoms with van der Waals surface area (Å²) in [6.45, 7) is 0.162. The minimum atomic E-state index is -4.49. The molecule has 0 saturated heterocycles. The van der Waals surface area contributed by atoms with Gasteiger partial charge in [0.1, 0.15) is 6.07 Å². The summed E-state index contributed by atoms with van der Waals surface area (Å²) in [6.07, 6.45) is -4.46. The van der Waals surface area contributed by atoms with E-state index in [0.29, 0.717) is 0 Å². The molecule has 1 aromatic carbocycles. The number of rotatable bonds is 4. The van der Waals surface area contributed by atoms with Crippen LogP contribution in [0.15, 0.2) is 18.2 Å². The Morgan fingerprint density at radius 3 is 2.61 bits per heavy atom. The third-order valence-corrected chi connectivity index (χ3v) is 2.15. The van der Waals surface area contributed by atoms with Crippen molar-refractivity contribution in [2.75, 3.05) is 11.9 Å². The number of nitrogens with zero attached hydrogens (tertiary/aromatic N) is 1. The molecule has 7 heteroatoms. The molecule has 0 aliphatic rings. The van der Waals surface area contributed by atoms with Gasteiger partial charge in [-0.2, -0.15) is 18.4 Å². The average molecular weight is 257 g/mol. The van der Waals surface area contributed by atoms with Gasteiger partial charge in [0.15, 0.2) is 0 Å². The first-order chi connectivity index (χ1) is 8.34. The summed E-state index contributed by atoms with van der Waals surface area (Å²) < 4.78 is 37.2. The summed E-state index contributed by atoms with van der Waals surface area (Å²) in [5.74, 6) is -0.534. The lowest BCUT2D eigenvalue weighted by molar-refractivity contribution is -0.137. The summed E-state index contributed by atoms with van der Waals surface area (Å²) in [7, 11) is 0. The molecule has 0 aliphatic heterocycles. The number of alkyl halides is 3. The molecule has 0 aliphatic carbocycles. The van der Waals surface area contributed by atoms with Gasteiger partial charge in [-0.1, -0.05) is 0 Å². The van der Waals surface area contributed by atoms with Gasteiger partial charge in [-0.3, -0.25) is 4.79 Å². The van der Waals surface area contributed by atoms with Crippen LogP contribution in [-0.2, 0) is 11.0 Å². The Balaban J connectivity index is 2.88. The molecule has 0 fully saturated rings. The molecule has 1 rings (SSSR count). The number of carbonyl (C=O) groups is 1. The number of anilines is 1. The lowest BCUT2D eigenvalue weighted by Gasteiger charge is -2.11. The molecule has 0 saturated carbocycles. The van der Waals surface area contributed by atoms with Crippen molar-refractivity contribution in [3.05, 3.63) is 29.3 Å². The molecule has 1 amide bonds. The molecule has 96 valence electrons. The maximum Gasteiger partial charge on any atom is 0.416 e. The number of hydrogen-bond donors (Lipinski definition) is 2. The van der Waals surface area contributed by atoms with E-state index >= 15 is 0 Å². The van der Waals surface area contributed by atoms with Crippen LogP contribution in [-0.4, -0.2) is 12.5 Å². The number of hydrogen-bond acceptors (Lipinski definition) is 3. The molecule has 0 unspecified atom stereocenters. The minimum absolute atomic E-state index is 0.0336. The van der Waals surface area contributed by atoms with E-state index < -0.39 is 17.6 Å². The monoisotopic (exact) mass is 257 g/mol. The molecule has 0 radical (unpaired) electrons. The Morgan fingerprint density at radius 2 is 2.11 bits per heavy atom. The summed E-state index contributed by atoms with van der Waals surface area (Å²) in [4.78, 5) is 10.5. The van der Waals surface area contributed by atoms with Crippen LogP contribution in [0.4, 0.5) is 18.9 Å². The SMILES string of the molecule is N#Cc1cc(C(F)(F)F)ccc1NCCC(N)=O. The largest absolute Gasteiger partial charge is 0.416 e. The van der Waals surface area contributed by atoms with Gasteiger partial charge in [-0.25, -0.2) is 0 Å². The number of benzene rings is 1.